The molecule has 0 bridgehead atoms. The molecule has 0 aliphatic heterocycles. The summed E-state index contributed by atoms with van der Waals surface area (Å²) < 4.78 is 0. The molecule has 0 saturated heterocycles. The van der Waals surface area contributed by atoms with E-state index in [0.717, 1.165) is 0 Å². The number of anilines is 1. The van der Waals surface area contributed by atoms with Crippen LogP contribution in [0.3, 0.4) is 0 Å². The molecule has 1 atom stereocenters. The van der Waals surface area contributed by atoms with Gasteiger partial charge in [-0.2, -0.15) is 0 Å². The first-order valence-corrected chi connectivity index (χ1v) is 6.30. The number of nitrogens with one attached hydrogen (secondary N) is 1. The lowest BCUT2D eigenvalue weighted by molar-refractivity contribution is -0.138. The molecule has 0 saturated carbocycles. The number of aromatic nitrogens is 1. The van der Waals surface area contributed by atoms with Crippen LogP contribution in [0.1, 0.15) is 25.6 Å². The number of rotatable bonds is 4. The van der Waals surface area contributed by atoms with Gasteiger partial charge in [-0.25, -0.2) is 4.98 Å². The van der Waals surface area contributed by atoms with Crippen LogP contribution < -0.4 is 11.1 Å². The van der Waals surface area contributed by atoms with Gasteiger partial charge in [0.25, 0.3) is 0 Å². The van der Waals surface area contributed by atoms with Crippen LogP contribution in [0.15, 0.2) is 0 Å². The van der Waals surface area contributed by atoms with Crippen molar-refractivity contribution in [3.63, 3.8) is 0 Å². The smallest absolute Gasteiger partial charge is 0.320 e. The van der Waals surface area contributed by atoms with E-state index in [9.17, 15) is 4.79 Å². The van der Waals surface area contributed by atoms with E-state index in [2.05, 4.69) is 10.3 Å². The predicted molar refractivity (Wildman–Crippen MR) is 69.8 cm³/mol. The molecule has 0 fully saturated rings. The summed E-state index contributed by atoms with van der Waals surface area (Å²) in [5.74, 6) is -1.04. The quantitative estimate of drug-likeness (QED) is 0.783. The monoisotopic (exact) mass is 277 g/mol. The highest BCUT2D eigenvalue weighted by Crippen LogP contribution is 2.29. The average Bonchev–Trinajstić information content (AvgIpc) is 2.43. The number of carboxylic acids is 1. The van der Waals surface area contributed by atoms with Crippen molar-refractivity contribution in [2.24, 2.45) is 5.73 Å². The van der Waals surface area contributed by atoms with Crippen LogP contribution in [0.4, 0.5) is 5.13 Å². The lowest BCUT2D eigenvalue weighted by atomic mass is 10.1. The van der Waals surface area contributed by atoms with E-state index in [1.54, 1.807) is 0 Å². The largest absolute Gasteiger partial charge is 0.480 e. The van der Waals surface area contributed by atoms with Crippen molar-refractivity contribution in [2.45, 2.75) is 38.8 Å². The molecule has 0 aromatic carbocycles. The number of carboxylic acid groups (broad SMARTS) is 1. The minimum Gasteiger partial charge on any atom is -0.480 e. The fourth-order valence-electron chi connectivity index (χ4n) is 1.12. The van der Waals surface area contributed by atoms with E-state index >= 15 is 0 Å². The fraction of sp³-hybridized carbons (Fsp3) is 0.600. The number of hydrogen-bond donors (Lipinski definition) is 3. The normalized spacial score (nSPS) is 13.5. The maximum atomic E-state index is 10.7. The van der Waals surface area contributed by atoms with Gasteiger partial charge in [0.2, 0.25) is 0 Å². The van der Waals surface area contributed by atoms with Gasteiger partial charge in [-0.05, 0) is 20.8 Å². The summed E-state index contributed by atoms with van der Waals surface area (Å²) in [6.07, 6.45) is 0.192. The van der Waals surface area contributed by atoms with Gasteiger partial charge in [0.1, 0.15) is 11.2 Å². The Morgan fingerprint density at radius 3 is 2.71 bits per heavy atom. The second-order valence-corrected chi connectivity index (χ2v) is 6.20. The van der Waals surface area contributed by atoms with Gasteiger partial charge in [0, 0.05) is 16.8 Å². The molecule has 5 nitrogen and oxygen atoms in total. The fourth-order valence-corrected chi connectivity index (χ4v) is 2.57. The molecule has 1 aromatic rings. The van der Waals surface area contributed by atoms with Crippen LogP contribution in [0.5, 0.6) is 0 Å². The lowest BCUT2D eigenvalue weighted by Gasteiger charge is -2.19. The third-order valence-electron chi connectivity index (χ3n) is 1.85. The Morgan fingerprint density at radius 2 is 2.24 bits per heavy atom. The highest BCUT2D eigenvalue weighted by molar-refractivity contribution is 7.16. The zero-order chi connectivity index (χ0) is 13.2. The van der Waals surface area contributed by atoms with Gasteiger partial charge >= 0.3 is 5.97 Å². The number of halogens is 1. The Labute approximate surface area is 109 Å². The standard InChI is InChI=1S/C10H16ClN3O2S/c1-10(2,3)14-9-13-7(11)6(17-9)4-5(12)8(15)16/h5H,4,12H2,1-3H3,(H,13,14)(H,15,16). The van der Waals surface area contributed by atoms with E-state index in [-0.39, 0.29) is 12.0 Å². The summed E-state index contributed by atoms with van der Waals surface area (Å²) >= 11 is 7.27. The molecule has 0 amide bonds. The Bertz CT molecular complexity index is 414. The van der Waals surface area contributed by atoms with E-state index in [1.807, 2.05) is 20.8 Å². The predicted octanol–water partition coefficient (Wildman–Crippen LogP) is 1.96. The third kappa shape index (κ3) is 4.49. The number of hydrogen-bond acceptors (Lipinski definition) is 5. The topological polar surface area (TPSA) is 88.2 Å². The molecule has 1 aromatic heterocycles. The molecule has 17 heavy (non-hydrogen) atoms. The molecule has 0 spiro atoms. The molecule has 4 N–H and O–H groups in total. The van der Waals surface area contributed by atoms with Crippen molar-refractivity contribution in [1.82, 2.24) is 4.98 Å². The summed E-state index contributed by atoms with van der Waals surface area (Å²) in [6, 6.07) is -0.949. The minimum absolute atomic E-state index is 0.118. The number of nitrogens with two attached hydrogens (primary N) is 1. The van der Waals surface area contributed by atoms with Crippen molar-refractivity contribution < 1.29 is 9.90 Å². The highest BCUT2D eigenvalue weighted by atomic mass is 35.5. The summed E-state index contributed by atoms with van der Waals surface area (Å²) in [6.45, 7) is 6.01. The summed E-state index contributed by atoms with van der Waals surface area (Å²) in [7, 11) is 0. The van der Waals surface area contributed by atoms with Crippen LogP contribution in [-0.2, 0) is 11.2 Å². The summed E-state index contributed by atoms with van der Waals surface area (Å²) in [4.78, 5) is 15.5. The zero-order valence-electron chi connectivity index (χ0n) is 9.95. The van der Waals surface area contributed by atoms with Gasteiger partial charge in [-0.3, -0.25) is 4.79 Å². The maximum Gasteiger partial charge on any atom is 0.320 e. The van der Waals surface area contributed by atoms with Crippen molar-refractivity contribution in [3.8, 4) is 0 Å². The van der Waals surface area contributed by atoms with Gasteiger partial charge < -0.3 is 16.2 Å². The number of carbonyl (C=O) groups is 1. The molecule has 96 valence electrons. The first-order chi connectivity index (χ1) is 7.69. The first kappa shape index (κ1) is 14.2. The van der Waals surface area contributed by atoms with Gasteiger partial charge in [-0.15, -0.1) is 11.3 Å². The second kappa shape index (κ2) is 5.20. The molecule has 1 unspecified atom stereocenters. The molecular weight excluding hydrogens is 262 g/mol. The van der Waals surface area contributed by atoms with Crippen LogP contribution in [-0.4, -0.2) is 27.6 Å². The lowest BCUT2D eigenvalue weighted by Crippen LogP contribution is -2.32. The molecule has 7 heteroatoms. The van der Waals surface area contributed by atoms with E-state index in [0.29, 0.717) is 15.2 Å². The molecular formula is C10H16ClN3O2S. The van der Waals surface area contributed by atoms with Crippen molar-refractivity contribution in [2.75, 3.05) is 5.32 Å². The number of nitrogens with zero attached hydrogens (tertiary/aromatic N) is 1. The third-order valence-corrected chi connectivity index (χ3v) is 3.27. The van der Waals surface area contributed by atoms with Gasteiger partial charge in [0.15, 0.2) is 5.13 Å². The molecule has 1 rings (SSSR count). The number of thiazole rings is 1. The van der Waals surface area contributed by atoms with Crippen LogP contribution in [0, 0.1) is 0 Å². The van der Waals surface area contributed by atoms with Gasteiger partial charge in [0.05, 0.1) is 0 Å². The molecule has 0 aliphatic rings. The minimum atomic E-state index is -1.04. The zero-order valence-corrected chi connectivity index (χ0v) is 11.5. The maximum absolute atomic E-state index is 10.7. The van der Waals surface area contributed by atoms with Crippen molar-refractivity contribution in [3.05, 3.63) is 10.0 Å². The van der Waals surface area contributed by atoms with Crippen molar-refractivity contribution in [1.29, 1.82) is 0 Å². The highest BCUT2D eigenvalue weighted by Gasteiger charge is 2.19. The average molecular weight is 278 g/mol. The molecule has 1 heterocycles. The van der Waals surface area contributed by atoms with E-state index in [4.69, 9.17) is 22.4 Å². The summed E-state index contributed by atoms with van der Waals surface area (Å²) in [5, 5.41) is 12.9. The van der Waals surface area contributed by atoms with Crippen LogP contribution in [0.2, 0.25) is 5.15 Å². The Balaban J connectivity index is 2.78. The second-order valence-electron chi connectivity index (χ2n) is 4.76. The van der Waals surface area contributed by atoms with E-state index < -0.39 is 12.0 Å². The first-order valence-electron chi connectivity index (χ1n) is 5.11. The van der Waals surface area contributed by atoms with Gasteiger partial charge in [-0.1, -0.05) is 11.6 Å². The van der Waals surface area contributed by atoms with Crippen molar-refractivity contribution >= 4 is 34.0 Å². The summed E-state index contributed by atoms with van der Waals surface area (Å²) in [5.41, 5.74) is 5.34. The van der Waals surface area contributed by atoms with Crippen LogP contribution in [0.25, 0.3) is 0 Å². The molecule has 0 radical (unpaired) electrons. The Hall–Kier alpha value is -0.850. The van der Waals surface area contributed by atoms with E-state index in [1.165, 1.54) is 11.3 Å². The Kier molecular flexibility index (Phi) is 4.35. The Morgan fingerprint density at radius 1 is 1.65 bits per heavy atom. The molecule has 0 aliphatic carbocycles. The SMILES string of the molecule is CC(C)(C)Nc1nc(Cl)c(CC(N)C(=O)O)s1. The van der Waals surface area contributed by atoms with Crippen LogP contribution >= 0.6 is 22.9 Å². The number of aliphatic carboxylic acids is 1.